The molecule has 1 aliphatic heterocycles. The van der Waals surface area contributed by atoms with Gasteiger partial charge in [-0.15, -0.1) is 0 Å². The summed E-state index contributed by atoms with van der Waals surface area (Å²) in [6.45, 7) is 1.79. The second kappa shape index (κ2) is 7.30. The molecule has 3 atom stereocenters. The van der Waals surface area contributed by atoms with Gasteiger partial charge in [-0.05, 0) is 56.1 Å². The minimum Gasteiger partial charge on any atom is -0.370 e. The van der Waals surface area contributed by atoms with Gasteiger partial charge in [0, 0.05) is 19.1 Å². The van der Waals surface area contributed by atoms with Crippen molar-refractivity contribution in [3.05, 3.63) is 24.0 Å². The standard InChI is InChI=1S/C18H26F3N3/c19-18(20,21)17-8-7-15(11-23-17)24-9-3-4-13(12-24)10-14-5-1-2-6-16(14)22/h7-8,11,13-14,16H,1-6,9-10,12,22H2/t13-,14+,16-/m1/s1. The number of nitrogens with two attached hydrogens (primary N) is 1. The topological polar surface area (TPSA) is 42.1 Å². The number of hydrogen-bond acceptors (Lipinski definition) is 3. The third kappa shape index (κ3) is 4.21. The first-order valence-electron chi connectivity index (χ1n) is 8.97. The predicted octanol–water partition coefficient (Wildman–Crippen LogP) is 4.22. The van der Waals surface area contributed by atoms with Gasteiger partial charge in [-0.2, -0.15) is 13.2 Å². The molecular weight excluding hydrogens is 315 g/mol. The molecule has 3 rings (SSSR count). The number of hydrogen-bond donors (Lipinski definition) is 1. The molecular formula is C18H26F3N3. The van der Waals surface area contributed by atoms with E-state index in [4.69, 9.17) is 5.73 Å². The summed E-state index contributed by atoms with van der Waals surface area (Å²) in [7, 11) is 0. The second-order valence-corrected chi connectivity index (χ2v) is 7.30. The van der Waals surface area contributed by atoms with Crippen LogP contribution in [-0.2, 0) is 6.18 Å². The lowest BCUT2D eigenvalue weighted by atomic mass is 9.77. The van der Waals surface area contributed by atoms with Gasteiger partial charge < -0.3 is 10.6 Å². The van der Waals surface area contributed by atoms with Crippen LogP contribution in [0.3, 0.4) is 0 Å². The van der Waals surface area contributed by atoms with Crippen LogP contribution in [-0.4, -0.2) is 24.1 Å². The summed E-state index contributed by atoms with van der Waals surface area (Å²) in [4.78, 5) is 5.77. The van der Waals surface area contributed by atoms with Gasteiger partial charge in [0.05, 0.1) is 11.9 Å². The Morgan fingerprint density at radius 2 is 1.92 bits per heavy atom. The van der Waals surface area contributed by atoms with Crippen LogP contribution in [0.1, 0.15) is 50.6 Å². The maximum Gasteiger partial charge on any atom is 0.433 e. The lowest BCUT2D eigenvalue weighted by molar-refractivity contribution is -0.141. The number of piperidine rings is 1. The maximum atomic E-state index is 12.6. The predicted molar refractivity (Wildman–Crippen MR) is 88.7 cm³/mol. The molecule has 2 N–H and O–H groups in total. The van der Waals surface area contributed by atoms with Crippen LogP contribution >= 0.6 is 0 Å². The molecule has 1 aromatic rings. The highest BCUT2D eigenvalue weighted by atomic mass is 19.4. The fraction of sp³-hybridized carbons (Fsp3) is 0.722. The molecule has 2 heterocycles. The van der Waals surface area contributed by atoms with Crippen molar-refractivity contribution < 1.29 is 13.2 Å². The molecule has 0 bridgehead atoms. The SMILES string of the molecule is N[C@@H]1CCCC[C@H]1C[C@H]1CCCN(c2ccc(C(F)(F)F)nc2)C1. The Bertz CT molecular complexity index is 529. The second-order valence-electron chi connectivity index (χ2n) is 7.30. The van der Waals surface area contributed by atoms with E-state index < -0.39 is 11.9 Å². The summed E-state index contributed by atoms with van der Waals surface area (Å²) in [6.07, 6.45) is 5.26. The number of rotatable bonds is 3. The van der Waals surface area contributed by atoms with E-state index >= 15 is 0 Å². The Labute approximate surface area is 141 Å². The van der Waals surface area contributed by atoms with Gasteiger partial charge in [0.15, 0.2) is 0 Å². The lowest BCUT2D eigenvalue weighted by Gasteiger charge is -2.38. The summed E-state index contributed by atoms with van der Waals surface area (Å²) in [5, 5.41) is 0. The van der Waals surface area contributed by atoms with Crippen LogP contribution in [0.5, 0.6) is 0 Å². The molecule has 134 valence electrons. The van der Waals surface area contributed by atoms with E-state index in [1.165, 1.54) is 31.9 Å². The van der Waals surface area contributed by atoms with Crippen LogP contribution < -0.4 is 10.6 Å². The average molecular weight is 341 g/mol. The molecule has 0 unspecified atom stereocenters. The van der Waals surface area contributed by atoms with Crippen molar-refractivity contribution in [2.45, 2.75) is 57.2 Å². The molecule has 1 saturated carbocycles. The van der Waals surface area contributed by atoms with Crippen molar-refractivity contribution >= 4 is 5.69 Å². The van der Waals surface area contributed by atoms with Crippen LogP contribution in [0.25, 0.3) is 0 Å². The van der Waals surface area contributed by atoms with Crippen LogP contribution in [0, 0.1) is 11.8 Å². The number of anilines is 1. The van der Waals surface area contributed by atoms with Crippen molar-refractivity contribution in [2.24, 2.45) is 17.6 Å². The van der Waals surface area contributed by atoms with E-state index in [1.54, 1.807) is 6.07 Å². The monoisotopic (exact) mass is 341 g/mol. The first kappa shape index (κ1) is 17.5. The van der Waals surface area contributed by atoms with Gasteiger partial charge in [0.25, 0.3) is 0 Å². The van der Waals surface area contributed by atoms with Crippen molar-refractivity contribution in [3.8, 4) is 0 Å². The number of nitrogens with zero attached hydrogens (tertiary/aromatic N) is 2. The molecule has 2 fully saturated rings. The molecule has 1 aliphatic carbocycles. The van der Waals surface area contributed by atoms with E-state index in [0.717, 1.165) is 44.1 Å². The normalized spacial score (nSPS) is 28.8. The van der Waals surface area contributed by atoms with Crippen molar-refractivity contribution in [3.63, 3.8) is 0 Å². The summed E-state index contributed by atoms with van der Waals surface area (Å²) in [6, 6.07) is 2.95. The Hall–Kier alpha value is -1.30. The van der Waals surface area contributed by atoms with Gasteiger partial charge in [-0.25, -0.2) is 4.98 Å². The number of alkyl halides is 3. The van der Waals surface area contributed by atoms with E-state index in [0.29, 0.717) is 17.9 Å². The van der Waals surface area contributed by atoms with Crippen molar-refractivity contribution in [1.82, 2.24) is 4.98 Å². The Morgan fingerprint density at radius 3 is 2.58 bits per heavy atom. The Balaban J connectivity index is 1.60. The van der Waals surface area contributed by atoms with Gasteiger partial charge in [-0.3, -0.25) is 0 Å². The molecule has 1 aromatic heterocycles. The zero-order valence-electron chi connectivity index (χ0n) is 13.9. The summed E-state index contributed by atoms with van der Waals surface area (Å²) >= 11 is 0. The first-order valence-corrected chi connectivity index (χ1v) is 8.97. The zero-order valence-corrected chi connectivity index (χ0v) is 13.9. The molecule has 2 aliphatic rings. The van der Waals surface area contributed by atoms with Gasteiger partial charge in [-0.1, -0.05) is 12.8 Å². The third-order valence-corrected chi connectivity index (χ3v) is 5.53. The number of halogens is 3. The van der Waals surface area contributed by atoms with Crippen LogP contribution in [0.15, 0.2) is 18.3 Å². The highest BCUT2D eigenvalue weighted by Gasteiger charge is 2.33. The summed E-state index contributed by atoms with van der Waals surface area (Å²) in [5.41, 5.74) is 6.24. The number of pyridine rings is 1. The van der Waals surface area contributed by atoms with Crippen LogP contribution in [0.2, 0.25) is 0 Å². The molecule has 6 heteroatoms. The van der Waals surface area contributed by atoms with E-state index in [-0.39, 0.29) is 0 Å². The fourth-order valence-corrected chi connectivity index (χ4v) is 4.19. The number of aromatic nitrogens is 1. The molecule has 0 spiro atoms. The van der Waals surface area contributed by atoms with E-state index in [9.17, 15) is 13.2 Å². The minimum atomic E-state index is -4.37. The smallest absolute Gasteiger partial charge is 0.370 e. The van der Waals surface area contributed by atoms with Crippen LogP contribution in [0.4, 0.5) is 18.9 Å². The lowest BCUT2D eigenvalue weighted by Crippen LogP contribution is -2.39. The highest BCUT2D eigenvalue weighted by Crippen LogP contribution is 2.34. The van der Waals surface area contributed by atoms with Gasteiger partial charge >= 0.3 is 6.18 Å². The van der Waals surface area contributed by atoms with Gasteiger partial charge in [0.1, 0.15) is 5.69 Å². The molecule has 0 radical (unpaired) electrons. The molecule has 0 aromatic carbocycles. The summed E-state index contributed by atoms with van der Waals surface area (Å²) in [5.74, 6) is 1.18. The molecule has 0 amide bonds. The first-order chi connectivity index (χ1) is 11.4. The molecule has 24 heavy (non-hydrogen) atoms. The maximum absolute atomic E-state index is 12.6. The molecule has 1 saturated heterocycles. The fourth-order valence-electron chi connectivity index (χ4n) is 4.19. The third-order valence-electron chi connectivity index (χ3n) is 5.53. The molecule has 3 nitrogen and oxygen atoms in total. The zero-order chi connectivity index (χ0) is 17.2. The van der Waals surface area contributed by atoms with Crippen molar-refractivity contribution in [1.29, 1.82) is 0 Å². The average Bonchev–Trinajstić information content (AvgIpc) is 2.57. The van der Waals surface area contributed by atoms with E-state index in [2.05, 4.69) is 9.88 Å². The van der Waals surface area contributed by atoms with Gasteiger partial charge in [0.2, 0.25) is 0 Å². The Kier molecular flexibility index (Phi) is 5.33. The highest BCUT2D eigenvalue weighted by molar-refractivity contribution is 5.45. The summed E-state index contributed by atoms with van der Waals surface area (Å²) < 4.78 is 37.9. The van der Waals surface area contributed by atoms with Crippen molar-refractivity contribution in [2.75, 3.05) is 18.0 Å². The minimum absolute atomic E-state index is 0.321. The quantitative estimate of drug-likeness (QED) is 0.895. The van der Waals surface area contributed by atoms with E-state index in [1.807, 2.05) is 0 Å². The Morgan fingerprint density at radius 1 is 1.12 bits per heavy atom. The largest absolute Gasteiger partial charge is 0.433 e.